The minimum atomic E-state index is -0.355. The molecule has 0 bridgehead atoms. The largest absolute Gasteiger partial charge is 0.356 e. The molecular weight excluding hydrogens is 418 g/mol. The van der Waals surface area contributed by atoms with E-state index in [4.69, 9.17) is 4.52 Å². The molecule has 1 aromatic carbocycles. The van der Waals surface area contributed by atoms with E-state index in [-0.39, 0.29) is 11.6 Å². The van der Waals surface area contributed by atoms with Gasteiger partial charge in [-0.05, 0) is 56.2 Å². The fourth-order valence-electron chi connectivity index (χ4n) is 3.70. The van der Waals surface area contributed by atoms with Gasteiger partial charge >= 0.3 is 0 Å². The molecule has 4 heterocycles. The van der Waals surface area contributed by atoms with E-state index in [1.165, 1.54) is 12.8 Å². The Morgan fingerprint density at radius 1 is 1.03 bits per heavy atom. The van der Waals surface area contributed by atoms with E-state index < -0.39 is 0 Å². The fraction of sp³-hybridized carbons (Fsp3) is 0.208. The molecule has 166 valence electrons. The predicted molar refractivity (Wildman–Crippen MR) is 126 cm³/mol. The van der Waals surface area contributed by atoms with Crippen LogP contribution < -0.4 is 15.5 Å². The van der Waals surface area contributed by atoms with Crippen LogP contribution >= 0.6 is 0 Å². The third-order valence-electron chi connectivity index (χ3n) is 5.36. The molecule has 0 spiro atoms. The molecule has 0 radical (unpaired) electrons. The Labute approximate surface area is 190 Å². The average molecular weight is 441 g/mol. The molecule has 5 rings (SSSR count). The molecule has 33 heavy (non-hydrogen) atoms. The second-order valence-electron chi connectivity index (χ2n) is 7.86. The van der Waals surface area contributed by atoms with Crippen molar-refractivity contribution in [1.82, 2.24) is 20.1 Å². The van der Waals surface area contributed by atoms with E-state index in [0.717, 1.165) is 35.9 Å². The first-order valence-electron chi connectivity index (χ1n) is 10.8. The molecule has 9 heteroatoms. The van der Waals surface area contributed by atoms with E-state index in [2.05, 4.69) is 35.6 Å². The van der Waals surface area contributed by atoms with E-state index in [1.54, 1.807) is 36.7 Å². The first-order chi connectivity index (χ1) is 16.1. The first-order valence-corrected chi connectivity index (χ1v) is 10.8. The lowest BCUT2D eigenvalue weighted by Crippen LogP contribution is -2.19. The van der Waals surface area contributed by atoms with Crippen LogP contribution in [-0.4, -0.2) is 39.1 Å². The zero-order valence-corrected chi connectivity index (χ0v) is 18.2. The summed E-state index contributed by atoms with van der Waals surface area (Å²) in [5, 5.41) is 9.94. The van der Waals surface area contributed by atoms with E-state index in [1.807, 2.05) is 31.2 Å². The zero-order chi connectivity index (χ0) is 22.6. The summed E-state index contributed by atoms with van der Waals surface area (Å²) in [6, 6.07) is 14.6. The van der Waals surface area contributed by atoms with Crippen molar-refractivity contribution >= 4 is 29.0 Å². The van der Waals surface area contributed by atoms with Gasteiger partial charge in [-0.2, -0.15) is 4.98 Å². The number of carbonyl (C=O) groups is 1. The summed E-state index contributed by atoms with van der Waals surface area (Å²) in [4.78, 5) is 28.0. The average Bonchev–Trinajstić information content (AvgIpc) is 3.53. The Morgan fingerprint density at radius 2 is 1.82 bits per heavy atom. The number of carbonyl (C=O) groups excluding carboxylic acids is 1. The normalized spacial score (nSPS) is 13.2. The Kier molecular flexibility index (Phi) is 5.67. The van der Waals surface area contributed by atoms with Crippen LogP contribution in [0.5, 0.6) is 0 Å². The lowest BCUT2D eigenvalue weighted by molar-refractivity contribution is 0.101. The van der Waals surface area contributed by atoms with Crippen LogP contribution in [-0.2, 0) is 0 Å². The van der Waals surface area contributed by atoms with Gasteiger partial charge in [0.25, 0.3) is 5.91 Å². The fourth-order valence-corrected chi connectivity index (χ4v) is 3.70. The third-order valence-corrected chi connectivity index (χ3v) is 5.36. The number of hydrogen-bond acceptors (Lipinski definition) is 8. The van der Waals surface area contributed by atoms with Crippen molar-refractivity contribution in [2.45, 2.75) is 19.8 Å². The topological polar surface area (TPSA) is 109 Å². The van der Waals surface area contributed by atoms with Gasteiger partial charge in [-0.3, -0.25) is 9.78 Å². The first kappa shape index (κ1) is 20.6. The highest BCUT2D eigenvalue weighted by atomic mass is 16.5. The molecule has 4 aromatic rings. The second-order valence-corrected chi connectivity index (χ2v) is 7.86. The summed E-state index contributed by atoms with van der Waals surface area (Å²) in [6.07, 6.45) is 5.71. The maximum absolute atomic E-state index is 12.5. The van der Waals surface area contributed by atoms with Gasteiger partial charge in [0.1, 0.15) is 5.82 Å². The molecule has 1 aliphatic heterocycles. The Bertz CT molecular complexity index is 1250. The molecule has 3 aromatic heterocycles. The molecule has 0 aliphatic carbocycles. The van der Waals surface area contributed by atoms with Crippen LogP contribution in [0.25, 0.3) is 11.3 Å². The van der Waals surface area contributed by atoms with Gasteiger partial charge in [0.2, 0.25) is 5.95 Å². The number of rotatable bonds is 6. The smallest absolute Gasteiger partial charge is 0.277 e. The molecule has 1 aliphatic rings. The number of aryl methyl sites for hydroxylation is 1. The zero-order valence-electron chi connectivity index (χ0n) is 18.2. The van der Waals surface area contributed by atoms with Crippen LogP contribution in [0.2, 0.25) is 0 Å². The highest BCUT2D eigenvalue weighted by Crippen LogP contribution is 2.23. The molecule has 9 nitrogen and oxygen atoms in total. The number of amides is 1. The molecule has 1 amide bonds. The van der Waals surface area contributed by atoms with Crippen LogP contribution in [0.3, 0.4) is 0 Å². The standard InChI is InChI=1S/C24H23N7O2/c1-16-13-22(31-11-2-3-12-31)29-24(26-16)28-19-8-6-18(7-9-19)27-23(32)20-14-21(33-30-20)17-5-4-10-25-15-17/h4-10,13-15H,2-3,11-12H2,1H3,(H,27,32)(H,26,28,29). The van der Waals surface area contributed by atoms with Crippen molar-refractivity contribution in [2.75, 3.05) is 28.6 Å². The summed E-state index contributed by atoms with van der Waals surface area (Å²) < 4.78 is 5.27. The summed E-state index contributed by atoms with van der Waals surface area (Å²) in [5.41, 5.74) is 3.33. The van der Waals surface area contributed by atoms with Crippen molar-refractivity contribution in [3.63, 3.8) is 0 Å². The van der Waals surface area contributed by atoms with Crippen molar-refractivity contribution < 1.29 is 9.32 Å². The number of nitrogens with one attached hydrogen (secondary N) is 2. The van der Waals surface area contributed by atoms with Gasteiger partial charge in [-0.15, -0.1) is 0 Å². The maximum Gasteiger partial charge on any atom is 0.277 e. The van der Waals surface area contributed by atoms with Gasteiger partial charge in [-0.25, -0.2) is 4.98 Å². The Hall–Kier alpha value is -4.27. The highest BCUT2D eigenvalue weighted by molar-refractivity contribution is 6.03. The van der Waals surface area contributed by atoms with Crippen molar-refractivity contribution in [2.24, 2.45) is 0 Å². The number of pyridine rings is 1. The number of anilines is 4. The number of nitrogens with zero attached hydrogens (tertiary/aromatic N) is 5. The van der Waals surface area contributed by atoms with Crippen LogP contribution in [0, 0.1) is 6.92 Å². The quantitative estimate of drug-likeness (QED) is 0.452. The number of aromatic nitrogens is 4. The van der Waals surface area contributed by atoms with Crippen molar-refractivity contribution in [1.29, 1.82) is 0 Å². The molecule has 1 fully saturated rings. The summed E-state index contributed by atoms with van der Waals surface area (Å²) in [7, 11) is 0. The maximum atomic E-state index is 12.5. The van der Waals surface area contributed by atoms with Crippen molar-refractivity contribution in [3.8, 4) is 11.3 Å². The van der Waals surface area contributed by atoms with Crippen molar-refractivity contribution in [3.05, 3.63) is 72.3 Å². The SMILES string of the molecule is Cc1cc(N2CCCC2)nc(Nc2ccc(NC(=O)c3cc(-c4cccnc4)on3)cc2)n1. The van der Waals surface area contributed by atoms with E-state index in [9.17, 15) is 4.79 Å². The molecular formula is C24H23N7O2. The summed E-state index contributed by atoms with van der Waals surface area (Å²) >= 11 is 0. The molecule has 2 N–H and O–H groups in total. The van der Waals surface area contributed by atoms with Crippen LogP contribution in [0.15, 0.2) is 65.4 Å². The summed E-state index contributed by atoms with van der Waals surface area (Å²) in [5.74, 6) is 1.63. The van der Waals surface area contributed by atoms with E-state index >= 15 is 0 Å². The van der Waals surface area contributed by atoms with E-state index in [0.29, 0.717) is 17.4 Å². The Balaban J connectivity index is 1.24. The Morgan fingerprint density at radius 3 is 2.58 bits per heavy atom. The van der Waals surface area contributed by atoms with Gasteiger partial charge in [-0.1, -0.05) is 5.16 Å². The molecule has 0 atom stereocenters. The predicted octanol–water partition coefficient (Wildman–Crippen LogP) is 4.43. The van der Waals surface area contributed by atoms with Gasteiger partial charge < -0.3 is 20.1 Å². The third kappa shape index (κ3) is 4.82. The number of hydrogen-bond donors (Lipinski definition) is 2. The van der Waals surface area contributed by atoms with Gasteiger partial charge in [0.15, 0.2) is 11.5 Å². The van der Waals surface area contributed by atoms with Crippen LogP contribution in [0.1, 0.15) is 29.0 Å². The monoisotopic (exact) mass is 441 g/mol. The lowest BCUT2D eigenvalue weighted by atomic mass is 10.2. The second kappa shape index (κ2) is 9.07. The minimum absolute atomic E-state index is 0.193. The van der Waals surface area contributed by atoms with Gasteiger partial charge in [0, 0.05) is 60.2 Å². The summed E-state index contributed by atoms with van der Waals surface area (Å²) in [6.45, 7) is 4.02. The number of benzene rings is 1. The minimum Gasteiger partial charge on any atom is -0.356 e. The molecule has 0 saturated carbocycles. The van der Waals surface area contributed by atoms with Gasteiger partial charge in [0.05, 0.1) is 0 Å². The molecule has 0 unspecified atom stereocenters. The van der Waals surface area contributed by atoms with Crippen LogP contribution in [0.4, 0.5) is 23.1 Å². The highest BCUT2D eigenvalue weighted by Gasteiger charge is 2.16. The molecule has 1 saturated heterocycles. The lowest BCUT2D eigenvalue weighted by Gasteiger charge is -2.17.